The molecule has 0 bridgehead atoms. The van der Waals surface area contributed by atoms with Crippen LogP contribution in [0.2, 0.25) is 0 Å². The lowest BCUT2D eigenvalue weighted by atomic mass is 10.1. The molecule has 0 atom stereocenters. The van der Waals surface area contributed by atoms with Gasteiger partial charge in [-0.2, -0.15) is 0 Å². The summed E-state index contributed by atoms with van der Waals surface area (Å²) in [6.45, 7) is 2.45. The molecule has 0 aliphatic heterocycles. The van der Waals surface area contributed by atoms with Gasteiger partial charge in [0.1, 0.15) is 0 Å². The predicted octanol–water partition coefficient (Wildman–Crippen LogP) is 2.41. The minimum Gasteiger partial charge on any atom is -0.395 e. The minimum atomic E-state index is 0.0169. The molecule has 0 radical (unpaired) electrons. The minimum absolute atomic E-state index is 0.0169. The number of amides is 1. The average molecular weight is 276 g/mol. The van der Waals surface area contributed by atoms with Crippen molar-refractivity contribution >= 4 is 11.6 Å². The quantitative estimate of drug-likeness (QED) is 0.868. The fraction of sp³-hybridized carbons (Fsp3) is 0.562. The lowest BCUT2D eigenvalue weighted by Crippen LogP contribution is -2.41. The van der Waals surface area contributed by atoms with Gasteiger partial charge in [0, 0.05) is 25.3 Å². The van der Waals surface area contributed by atoms with Gasteiger partial charge in [-0.05, 0) is 37.5 Å². The molecule has 4 heteroatoms. The Hall–Kier alpha value is -1.55. The number of nitrogens with one attached hydrogen (secondary N) is 1. The van der Waals surface area contributed by atoms with Crippen LogP contribution in [0.3, 0.4) is 0 Å². The summed E-state index contributed by atoms with van der Waals surface area (Å²) < 4.78 is 0. The zero-order valence-corrected chi connectivity index (χ0v) is 12.4. The fourth-order valence-corrected chi connectivity index (χ4v) is 2.98. The Morgan fingerprint density at radius 1 is 1.40 bits per heavy atom. The smallest absolute Gasteiger partial charge is 0.256 e. The van der Waals surface area contributed by atoms with E-state index in [9.17, 15) is 9.90 Å². The van der Waals surface area contributed by atoms with Crippen LogP contribution in [-0.2, 0) is 0 Å². The van der Waals surface area contributed by atoms with Gasteiger partial charge in [0.05, 0.1) is 12.2 Å². The molecular formula is C16H24N2O2. The van der Waals surface area contributed by atoms with E-state index >= 15 is 0 Å². The second-order valence-electron chi connectivity index (χ2n) is 5.46. The van der Waals surface area contributed by atoms with Gasteiger partial charge in [-0.3, -0.25) is 4.79 Å². The maximum absolute atomic E-state index is 12.8. The fourth-order valence-electron chi connectivity index (χ4n) is 2.98. The van der Waals surface area contributed by atoms with E-state index in [1.54, 1.807) is 0 Å². The number of anilines is 1. The molecule has 0 saturated heterocycles. The Balaban J connectivity index is 2.26. The zero-order valence-electron chi connectivity index (χ0n) is 12.4. The van der Waals surface area contributed by atoms with E-state index in [1.807, 2.05) is 37.1 Å². The molecule has 110 valence electrons. The number of carbonyl (C=O) groups is 1. The van der Waals surface area contributed by atoms with Gasteiger partial charge in [0.2, 0.25) is 0 Å². The van der Waals surface area contributed by atoms with Crippen LogP contribution in [-0.4, -0.2) is 42.2 Å². The van der Waals surface area contributed by atoms with Crippen molar-refractivity contribution in [2.45, 2.75) is 38.6 Å². The molecule has 1 fully saturated rings. The molecule has 1 aromatic carbocycles. The topological polar surface area (TPSA) is 52.6 Å². The Morgan fingerprint density at radius 3 is 2.70 bits per heavy atom. The monoisotopic (exact) mass is 276 g/mol. The van der Waals surface area contributed by atoms with Crippen LogP contribution >= 0.6 is 0 Å². The number of nitrogens with zero attached hydrogens (tertiary/aromatic N) is 1. The molecule has 1 aliphatic rings. The summed E-state index contributed by atoms with van der Waals surface area (Å²) in [5, 5.41) is 12.3. The molecule has 0 aromatic heterocycles. The van der Waals surface area contributed by atoms with Crippen LogP contribution in [0.15, 0.2) is 18.2 Å². The Bertz CT molecular complexity index is 468. The van der Waals surface area contributed by atoms with E-state index in [2.05, 4.69) is 5.32 Å². The molecule has 2 rings (SSSR count). The maximum Gasteiger partial charge on any atom is 0.256 e. The number of benzene rings is 1. The molecule has 20 heavy (non-hydrogen) atoms. The summed E-state index contributed by atoms with van der Waals surface area (Å²) in [6, 6.07) is 6.10. The lowest BCUT2D eigenvalue weighted by Gasteiger charge is -2.29. The summed E-state index contributed by atoms with van der Waals surface area (Å²) in [6.07, 6.45) is 4.44. The van der Waals surface area contributed by atoms with Gasteiger partial charge in [-0.15, -0.1) is 0 Å². The molecule has 0 unspecified atom stereocenters. The van der Waals surface area contributed by atoms with Crippen LogP contribution in [0.4, 0.5) is 5.69 Å². The van der Waals surface area contributed by atoms with Crippen LogP contribution in [0.1, 0.15) is 41.6 Å². The second-order valence-corrected chi connectivity index (χ2v) is 5.46. The Labute approximate surface area is 120 Å². The van der Waals surface area contributed by atoms with E-state index in [4.69, 9.17) is 0 Å². The predicted molar refractivity (Wildman–Crippen MR) is 81.1 cm³/mol. The van der Waals surface area contributed by atoms with Crippen LogP contribution < -0.4 is 5.32 Å². The first-order valence-electron chi connectivity index (χ1n) is 7.37. The van der Waals surface area contributed by atoms with Crippen molar-refractivity contribution in [1.82, 2.24) is 4.90 Å². The van der Waals surface area contributed by atoms with Crippen LogP contribution in [0.5, 0.6) is 0 Å². The van der Waals surface area contributed by atoms with Gasteiger partial charge < -0.3 is 15.3 Å². The normalized spacial score (nSPS) is 15.3. The second kappa shape index (κ2) is 6.75. The highest BCUT2D eigenvalue weighted by Crippen LogP contribution is 2.27. The van der Waals surface area contributed by atoms with E-state index in [-0.39, 0.29) is 18.6 Å². The van der Waals surface area contributed by atoms with Gasteiger partial charge in [-0.25, -0.2) is 0 Å². The number of hydrogen-bond acceptors (Lipinski definition) is 3. The van der Waals surface area contributed by atoms with Crippen molar-refractivity contribution in [1.29, 1.82) is 0 Å². The molecule has 1 aromatic rings. The molecule has 0 spiro atoms. The zero-order chi connectivity index (χ0) is 14.5. The highest BCUT2D eigenvalue weighted by atomic mass is 16.3. The molecule has 2 N–H and O–H groups in total. The largest absolute Gasteiger partial charge is 0.395 e. The highest BCUT2D eigenvalue weighted by molar-refractivity contribution is 6.00. The van der Waals surface area contributed by atoms with Crippen LogP contribution in [0.25, 0.3) is 0 Å². The number of aliphatic hydroxyl groups is 1. The lowest BCUT2D eigenvalue weighted by molar-refractivity contribution is 0.0639. The average Bonchev–Trinajstić information content (AvgIpc) is 2.97. The molecule has 1 saturated carbocycles. The third-order valence-electron chi connectivity index (χ3n) is 4.04. The van der Waals surface area contributed by atoms with Crippen molar-refractivity contribution in [3.63, 3.8) is 0 Å². The molecule has 4 nitrogen and oxygen atoms in total. The summed E-state index contributed by atoms with van der Waals surface area (Å²) in [4.78, 5) is 14.6. The first kappa shape index (κ1) is 14.9. The molecule has 1 amide bonds. The molecule has 1 aliphatic carbocycles. The van der Waals surface area contributed by atoms with Gasteiger partial charge >= 0.3 is 0 Å². The van der Waals surface area contributed by atoms with Crippen molar-refractivity contribution < 1.29 is 9.90 Å². The van der Waals surface area contributed by atoms with E-state index < -0.39 is 0 Å². The van der Waals surface area contributed by atoms with Gasteiger partial charge in [0.25, 0.3) is 5.91 Å². The third kappa shape index (κ3) is 3.12. The standard InChI is InChI=1S/C16H24N2O2/c1-12-7-8-14(15(11-12)17-2)16(20)18(9-10-19)13-5-3-4-6-13/h7-8,11,13,17,19H,3-6,9-10H2,1-2H3. The molecule has 0 heterocycles. The van der Waals surface area contributed by atoms with Gasteiger partial charge in [0.15, 0.2) is 0 Å². The van der Waals surface area contributed by atoms with E-state index in [1.165, 1.54) is 12.8 Å². The SMILES string of the molecule is CNc1cc(C)ccc1C(=O)N(CCO)C1CCCC1. The Morgan fingerprint density at radius 2 is 2.10 bits per heavy atom. The van der Waals surface area contributed by atoms with Crippen LogP contribution in [0, 0.1) is 6.92 Å². The third-order valence-corrected chi connectivity index (χ3v) is 4.04. The number of aryl methyl sites for hydroxylation is 1. The number of carbonyl (C=O) groups excluding carboxylic acids is 1. The number of rotatable bonds is 5. The molecular weight excluding hydrogens is 252 g/mol. The van der Waals surface area contributed by atoms with Gasteiger partial charge in [-0.1, -0.05) is 18.9 Å². The first-order chi connectivity index (χ1) is 9.67. The first-order valence-corrected chi connectivity index (χ1v) is 7.37. The number of hydrogen-bond donors (Lipinski definition) is 2. The summed E-state index contributed by atoms with van der Waals surface area (Å²) >= 11 is 0. The Kier molecular flexibility index (Phi) is 5.01. The summed E-state index contributed by atoms with van der Waals surface area (Å²) in [5.41, 5.74) is 2.68. The van der Waals surface area contributed by atoms with Crippen molar-refractivity contribution in [2.24, 2.45) is 0 Å². The summed E-state index contributed by atoms with van der Waals surface area (Å²) in [5.74, 6) is 0.0234. The van der Waals surface area contributed by atoms with E-state index in [0.717, 1.165) is 24.1 Å². The highest BCUT2D eigenvalue weighted by Gasteiger charge is 2.28. The van der Waals surface area contributed by atoms with Crippen molar-refractivity contribution in [3.8, 4) is 0 Å². The maximum atomic E-state index is 12.8. The van der Waals surface area contributed by atoms with E-state index in [0.29, 0.717) is 12.1 Å². The number of aliphatic hydroxyl groups excluding tert-OH is 1. The van der Waals surface area contributed by atoms with Crippen molar-refractivity contribution in [3.05, 3.63) is 29.3 Å². The summed E-state index contributed by atoms with van der Waals surface area (Å²) in [7, 11) is 1.83. The van der Waals surface area contributed by atoms with Crippen molar-refractivity contribution in [2.75, 3.05) is 25.5 Å².